The van der Waals surface area contributed by atoms with E-state index in [0.717, 1.165) is 0 Å². The largest absolute Gasteiger partial charge is 0.480 e. The van der Waals surface area contributed by atoms with Crippen molar-refractivity contribution in [3.05, 3.63) is 0 Å². The molecule has 0 aromatic heterocycles. The van der Waals surface area contributed by atoms with Crippen LogP contribution in [0.15, 0.2) is 4.99 Å². The van der Waals surface area contributed by atoms with E-state index in [1.54, 1.807) is 13.2 Å². The minimum atomic E-state index is -1.38. The molecule has 5 atom stereocenters. The standard InChI is InChI=1S/C21H40N8O6S/c1-4-11(2)16(23)19(33)29-14(10-15(22)30)18(32)27-12(6-5-8-26-21(24)25)17(31)28-13(20(34)35)7-9-36-3/h11-14,16H,4-10,23H2,1-3H3,(H2,22,30)(H,27,32)(H,28,31)(H,29,33)(H,34,35)(H4,24,25,26). The molecular weight excluding hydrogens is 492 g/mol. The minimum absolute atomic E-state index is 0.0485. The molecule has 14 nitrogen and oxygen atoms in total. The van der Waals surface area contributed by atoms with E-state index in [2.05, 4.69) is 20.9 Å². The first kappa shape index (κ1) is 32.9. The Bertz CT molecular complexity index is 792. The van der Waals surface area contributed by atoms with Crippen LogP contribution in [-0.4, -0.2) is 83.4 Å². The third-order valence-electron chi connectivity index (χ3n) is 5.40. The number of aliphatic carboxylic acids is 1. The highest BCUT2D eigenvalue weighted by molar-refractivity contribution is 7.98. The molecule has 12 N–H and O–H groups in total. The molecule has 0 bridgehead atoms. The van der Waals surface area contributed by atoms with Crippen molar-refractivity contribution in [2.75, 3.05) is 18.6 Å². The molecule has 0 saturated heterocycles. The average Bonchev–Trinajstić information content (AvgIpc) is 2.80. The number of nitrogens with two attached hydrogens (primary N) is 4. The van der Waals surface area contributed by atoms with E-state index in [4.69, 9.17) is 22.9 Å². The zero-order chi connectivity index (χ0) is 27.8. The van der Waals surface area contributed by atoms with Crippen molar-refractivity contribution in [1.82, 2.24) is 16.0 Å². The second-order valence-corrected chi connectivity index (χ2v) is 9.32. The molecule has 0 saturated carbocycles. The first-order valence-electron chi connectivity index (χ1n) is 11.6. The fourth-order valence-corrected chi connectivity index (χ4v) is 3.47. The highest BCUT2D eigenvalue weighted by Gasteiger charge is 2.31. The van der Waals surface area contributed by atoms with Gasteiger partial charge in [0.2, 0.25) is 23.6 Å². The number of primary amides is 1. The number of amides is 4. The normalized spacial score (nSPS) is 14.9. The maximum Gasteiger partial charge on any atom is 0.326 e. The molecular formula is C21H40N8O6S. The number of rotatable bonds is 18. The number of hydrogen-bond acceptors (Lipinski definition) is 8. The third kappa shape index (κ3) is 13.1. The quantitative estimate of drug-likeness (QED) is 0.0526. The van der Waals surface area contributed by atoms with Crippen LogP contribution < -0.4 is 38.9 Å². The summed E-state index contributed by atoms with van der Waals surface area (Å²) >= 11 is 1.42. The Labute approximate surface area is 215 Å². The monoisotopic (exact) mass is 532 g/mol. The van der Waals surface area contributed by atoms with Crippen LogP contribution in [-0.2, 0) is 24.0 Å². The lowest BCUT2D eigenvalue weighted by atomic mass is 9.99. The molecule has 0 aromatic rings. The highest BCUT2D eigenvalue weighted by Crippen LogP contribution is 2.08. The number of carbonyl (C=O) groups excluding carboxylic acids is 4. The van der Waals surface area contributed by atoms with E-state index in [-0.39, 0.29) is 37.7 Å². The number of carbonyl (C=O) groups is 5. The van der Waals surface area contributed by atoms with Gasteiger partial charge in [0.15, 0.2) is 5.96 Å². The second-order valence-electron chi connectivity index (χ2n) is 8.33. The van der Waals surface area contributed by atoms with E-state index in [1.165, 1.54) is 11.8 Å². The highest BCUT2D eigenvalue weighted by atomic mass is 32.2. The van der Waals surface area contributed by atoms with Gasteiger partial charge in [-0.05, 0) is 37.2 Å². The van der Waals surface area contributed by atoms with Crippen LogP contribution in [0.2, 0.25) is 0 Å². The van der Waals surface area contributed by atoms with Crippen LogP contribution in [0.1, 0.15) is 46.0 Å². The van der Waals surface area contributed by atoms with E-state index in [9.17, 15) is 29.1 Å². The molecule has 5 unspecified atom stereocenters. The van der Waals surface area contributed by atoms with Crippen molar-refractivity contribution in [3.63, 3.8) is 0 Å². The summed E-state index contributed by atoms with van der Waals surface area (Å²) in [6, 6.07) is -4.68. The minimum Gasteiger partial charge on any atom is -0.480 e. The summed E-state index contributed by atoms with van der Waals surface area (Å²) in [5, 5.41) is 16.7. The first-order chi connectivity index (χ1) is 16.8. The van der Waals surface area contributed by atoms with E-state index < -0.39 is 60.2 Å². The number of carboxylic acid groups (broad SMARTS) is 1. The Hall–Kier alpha value is -3.07. The summed E-state index contributed by atoms with van der Waals surface area (Å²) in [6.45, 7) is 3.77. The summed E-state index contributed by atoms with van der Waals surface area (Å²) in [7, 11) is 0. The van der Waals surface area contributed by atoms with Crippen molar-refractivity contribution in [1.29, 1.82) is 0 Å². The van der Waals surface area contributed by atoms with E-state index >= 15 is 0 Å². The van der Waals surface area contributed by atoms with Gasteiger partial charge < -0.3 is 44.0 Å². The van der Waals surface area contributed by atoms with Crippen molar-refractivity contribution in [2.45, 2.75) is 70.1 Å². The maximum atomic E-state index is 13.0. The predicted octanol–water partition coefficient (Wildman–Crippen LogP) is -2.42. The second kappa shape index (κ2) is 17.4. The molecule has 0 radical (unpaired) electrons. The van der Waals surface area contributed by atoms with Gasteiger partial charge in [-0.1, -0.05) is 20.3 Å². The Morgan fingerprint density at radius 1 is 0.917 bits per heavy atom. The van der Waals surface area contributed by atoms with Crippen LogP contribution in [0, 0.1) is 5.92 Å². The Kier molecular flexibility index (Phi) is 15.9. The zero-order valence-electron chi connectivity index (χ0n) is 21.0. The number of hydrogen-bond donors (Lipinski definition) is 8. The molecule has 206 valence electrons. The van der Waals surface area contributed by atoms with Crippen LogP contribution in [0.3, 0.4) is 0 Å². The molecule has 0 aromatic carbocycles. The number of nitrogens with one attached hydrogen (secondary N) is 3. The van der Waals surface area contributed by atoms with Gasteiger partial charge in [-0.25, -0.2) is 4.79 Å². The number of aliphatic imine (C=N–C) groups is 1. The van der Waals surface area contributed by atoms with Crippen molar-refractivity contribution in [3.8, 4) is 0 Å². The molecule has 0 aliphatic rings. The summed E-state index contributed by atoms with van der Waals surface area (Å²) in [6.07, 6.45) is 2.37. The number of thioether (sulfide) groups is 1. The van der Waals surface area contributed by atoms with Gasteiger partial charge in [0.25, 0.3) is 0 Å². The van der Waals surface area contributed by atoms with Crippen molar-refractivity contribution < 1.29 is 29.1 Å². The molecule has 15 heteroatoms. The molecule has 0 fully saturated rings. The summed E-state index contributed by atoms with van der Waals surface area (Å²) in [4.78, 5) is 65.3. The van der Waals surface area contributed by atoms with Gasteiger partial charge in [-0.15, -0.1) is 0 Å². The Morgan fingerprint density at radius 2 is 1.47 bits per heavy atom. The topological polar surface area (TPSA) is 258 Å². The molecule has 0 spiro atoms. The van der Waals surface area contributed by atoms with Gasteiger partial charge >= 0.3 is 5.97 Å². The summed E-state index contributed by atoms with van der Waals surface area (Å²) in [5.41, 5.74) is 21.8. The molecule has 4 amide bonds. The number of guanidine groups is 1. The van der Waals surface area contributed by atoms with Crippen LogP contribution >= 0.6 is 11.8 Å². The third-order valence-corrected chi connectivity index (χ3v) is 6.05. The smallest absolute Gasteiger partial charge is 0.326 e. The molecule has 0 rings (SSSR count). The van der Waals surface area contributed by atoms with E-state index in [0.29, 0.717) is 12.2 Å². The molecule has 0 heterocycles. The fourth-order valence-electron chi connectivity index (χ4n) is 3.00. The predicted molar refractivity (Wildman–Crippen MR) is 138 cm³/mol. The van der Waals surface area contributed by atoms with Gasteiger partial charge in [0, 0.05) is 6.54 Å². The van der Waals surface area contributed by atoms with Gasteiger partial charge in [0.05, 0.1) is 12.5 Å². The van der Waals surface area contributed by atoms with Gasteiger partial charge in [0.1, 0.15) is 18.1 Å². The molecule has 0 aliphatic heterocycles. The van der Waals surface area contributed by atoms with E-state index in [1.807, 2.05) is 6.92 Å². The molecule has 36 heavy (non-hydrogen) atoms. The van der Waals surface area contributed by atoms with Crippen LogP contribution in [0.4, 0.5) is 0 Å². The van der Waals surface area contributed by atoms with Gasteiger partial charge in [-0.3, -0.25) is 24.2 Å². The lowest BCUT2D eigenvalue weighted by Gasteiger charge is -2.25. The Balaban J connectivity index is 5.66. The first-order valence-corrected chi connectivity index (χ1v) is 12.9. The summed E-state index contributed by atoms with van der Waals surface area (Å²) in [5.74, 6) is -4.18. The van der Waals surface area contributed by atoms with Crippen LogP contribution in [0.5, 0.6) is 0 Å². The maximum absolute atomic E-state index is 13.0. The zero-order valence-corrected chi connectivity index (χ0v) is 21.8. The SMILES string of the molecule is CCC(C)C(N)C(=O)NC(CC(N)=O)C(=O)NC(CCCN=C(N)N)C(=O)NC(CCSC)C(=O)O. The van der Waals surface area contributed by atoms with Gasteiger partial charge in [-0.2, -0.15) is 11.8 Å². The molecule has 0 aliphatic carbocycles. The van der Waals surface area contributed by atoms with Crippen LogP contribution in [0.25, 0.3) is 0 Å². The fraction of sp³-hybridized carbons (Fsp3) is 0.714. The summed E-state index contributed by atoms with van der Waals surface area (Å²) < 4.78 is 0. The number of nitrogens with zero attached hydrogens (tertiary/aromatic N) is 1. The van der Waals surface area contributed by atoms with Crippen molar-refractivity contribution in [2.24, 2.45) is 33.8 Å². The number of carboxylic acids is 1. The lowest BCUT2D eigenvalue weighted by molar-refractivity contribution is -0.142. The lowest BCUT2D eigenvalue weighted by Crippen LogP contribution is -2.58. The average molecular weight is 533 g/mol. The van der Waals surface area contributed by atoms with Crippen molar-refractivity contribution >= 4 is 47.3 Å². The Morgan fingerprint density at radius 3 is 1.97 bits per heavy atom.